The van der Waals surface area contributed by atoms with Gasteiger partial charge in [0.2, 0.25) is 0 Å². The maximum absolute atomic E-state index is 11.0. The summed E-state index contributed by atoms with van der Waals surface area (Å²) in [5.41, 5.74) is 0.356. The second-order valence-corrected chi connectivity index (χ2v) is 4.89. The van der Waals surface area contributed by atoms with Crippen molar-refractivity contribution in [2.45, 2.75) is 13.3 Å². The summed E-state index contributed by atoms with van der Waals surface area (Å²) in [5.74, 6) is -0.885. The van der Waals surface area contributed by atoms with Crippen molar-refractivity contribution >= 4 is 38.1 Å². The third-order valence-corrected chi connectivity index (χ3v) is 3.88. The van der Waals surface area contributed by atoms with Crippen LogP contribution in [0.4, 0.5) is 0 Å². The third kappa shape index (κ3) is 1.36. The molecule has 2 rings (SSSR count). The molecule has 14 heavy (non-hydrogen) atoms. The quantitative estimate of drug-likeness (QED) is 0.914. The fourth-order valence-electron chi connectivity index (χ4n) is 1.34. The Morgan fingerprint density at radius 2 is 2.36 bits per heavy atom. The van der Waals surface area contributed by atoms with Crippen LogP contribution in [0.2, 0.25) is 0 Å². The van der Waals surface area contributed by atoms with Crippen molar-refractivity contribution in [2.75, 3.05) is 0 Å². The Kier molecular flexibility index (Phi) is 2.36. The maximum Gasteiger partial charge on any atom is 0.339 e. The lowest BCUT2D eigenvalue weighted by molar-refractivity contribution is 0.0698. The Morgan fingerprint density at radius 3 is 2.93 bits per heavy atom. The fraction of sp³-hybridized carbons (Fsp3) is 0.222. The van der Waals surface area contributed by atoms with Crippen molar-refractivity contribution in [3.8, 4) is 0 Å². The van der Waals surface area contributed by atoms with Crippen LogP contribution in [0, 0.1) is 0 Å². The number of thiazole rings is 1. The van der Waals surface area contributed by atoms with E-state index in [1.54, 1.807) is 6.20 Å². The second-order valence-electron chi connectivity index (χ2n) is 2.92. The van der Waals surface area contributed by atoms with Gasteiger partial charge in [-0.05, 0) is 22.4 Å². The van der Waals surface area contributed by atoms with E-state index in [2.05, 4.69) is 22.9 Å². The van der Waals surface area contributed by atoms with Crippen molar-refractivity contribution in [1.82, 2.24) is 4.40 Å². The number of halogens is 1. The summed E-state index contributed by atoms with van der Waals surface area (Å²) in [6, 6.07) is 0. The summed E-state index contributed by atoms with van der Waals surface area (Å²) < 4.78 is 2.50. The lowest BCUT2D eigenvalue weighted by Crippen LogP contribution is -1.94. The number of hydrogen-bond acceptors (Lipinski definition) is 2. The average Bonchev–Trinajstić information content (AvgIpc) is 2.58. The number of aromatic carboxylic acids is 1. The molecule has 0 unspecified atom stereocenters. The molecular formula is C9H8BrNO2S. The van der Waals surface area contributed by atoms with Gasteiger partial charge in [-0.25, -0.2) is 4.79 Å². The van der Waals surface area contributed by atoms with Crippen molar-refractivity contribution in [3.63, 3.8) is 0 Å². The lowest BCUT2D eigenvalue weighted by Gasteiger charge is -1.88. The van der Waals surface area contributed by atoms with E-state index in [1.165, 1.54) is 16.2 Å². The number of carbonyl (C=O) groups is 1. The third-order valence-electron chi connectivity index (χ3n) is 2.01. The highest BCUT2D eigenvalue weighted by atomic mass is 79.9. The van der Waals surface area contributed by atoms with Crippen LogP contribution in [0.3, 0.4) is 0 Å². The van der Waals surface area contributed by atoms with Gasteiger partial charge < -0.3 is 9.51 Å². The normalized spacial score (nSPS) is 11.0. The number of hydrogen-bond donors (Lipinski definition) is 1. The van der Waals surface area contributed by atoms with Crippen LogP contribution in [0.5, 0.6) is 0 Å². The van der Waals surface area contributed by atoms with Crippen molar-refractivity contribution in [3.05, 3.63) is 27.3 Å². The van der Waals surface area contributed by atoms with E-state index >= 15 is 0 Å². The van der Waals surface area contributed by atoms with Crippen LogP contribution in [-0.2, 0) is 6.42 Å². The number of carboxylic acid groups (broad SMARTS) is 1. The van der Waals surface area contributed by atoms with Gasteiger partial charge in [-0.2, -0.15) is 0 Å². The predicted molar refractivity (Wildman–Crippen MR) is 59.3 cm³/mol. The molecule has 0 aliphatic heterocycles. The number of aryl methyl sites for hydroxylation is 1. The predicted octanol–water partition coefficient (Wildman–Crippen LogP) is 3.02. The molecule has 74 valence electrons. The van der Waals surface area contributed by atoms with Gasteiger partial charge >= 0.3 is 5.97 Å². The van der Waals surface area contributed by atoms with Crippen molar-refractivity contribution < 1.29 is 9.90 Å². The monoisotopic (exact) mass is 273 g/mol. The molecule has 0 spiro atoms. The Bertz CT molecular complexity index is 500. The van der Waals surface area contributed by atoms with Crippen LogP contribution in [0.15, 0.2) is 16.9 Å². The molecule has 1 N–H and O–H groups in total. The van der Waals surface area contributed by atoms with Crippen LogP contribution in [0.1, 0.15) is 22.2 Å². The summed E-state index contributed by atoms with van der Waals surface area (Å²) in [6.07, 6.45) is 4.69. The summed E-state index contributed by atoms with van der Waals surface area (Å²) in [5, 5.41) is 9.00. The van der Waals surface area contributed by atoms with Gasteiger partial charge in [-0.15, -0.1) is 11.3 Å². The highest BCUT2D eigenvalue weighted by molar-refractivity contribution is 9.10. The zero-order chi connectivity index (χ0) is 10.3. The molecule has 0 aliphatic carbocycles. The molecule has 2 heterocycles. The summed E-state index contributed by atoms with van der Waals surface area (Å²) in [7, 11) is 0. The number of fused-ring (bicyclic) bond motifs is 1. The van der Waals surface area contributed by atoms with E-state index in [4.69, 9.17) is 5.11 Å². The summed E-state index contributed by atoms with van der Waals surface area (Å²) >= 11 is 4.77. The Labute approximate surface area is 93.1 Å². The molecule has 3 nitrogen and oxygen atoms in total. The molecule has 2 aromatic heterocycles. The van der Waals surface area contributed by atoms with Gasteiger partial charge in [-0.3, -0.25) is 0 Å². The topological polar surface area (TPSA) is 41.7 Å². The summed E-state index contributed by atoms with van der Waals surface area (Å²) in [6.45, 7) is 2.06. The number of nitrogens with zero attached hydrogens (tertiary/aromatic N) is 1. The molecule has 2 aromatic rings. The van der Waals surface area contributed by atoms with Crippen molar-refractivity contribution in [2.24, 2.45) is 0 Å². The SMILES string of the molecule is CCc1cn2cc(Br)c(C(=O)O)c2s1. The van der Waals surface area contributed by atoms with Gasteiger partial charge in [0.15, 0.2) is 0 Å². The molecule has 0 radical (unpaired) electrons. The molecule has 5 heteroatoms. The van der Waals surface area contributed by atoms with E-state index in [9.17, 15) is 4.79 Å². The van der Waals surface area contributed by atoms with Crippen LogP contribution in [0.25, 0.3) is 4.83 Å². The van der Waals surface area contributed by atoms with E-state index < -0.39 is 5.97 Å². The largest absolute Gasteiger partial charge is 0.478 e. The molecule has 0 aliphatic rings. The van der Waals surface area contributed by atoms with E-state index in [-0.39, 0.29) is 0 Å². The molecule has 0 saturated heterocycles. The molecule has 0 saturated carbocycles. The number of carboxylic acids is 1. The van der Waals surface area contributed by atoms with Crippen LogP contribution in [-0.4, -0.2) is 15.5 Å². The molecule has 0 fully saturated rings. The molecule has 0 atom stereocenters. The molecule has 0 aromatic carbocycles. The lowest BCUT2D eigenvalue weighted by atomic mass is 10.3. The zero-order valence-corrected chi connectivity index (χ0v) is 9.85. The van der Waals surface area contributed by atoms with Gasteiger partial charge in [0.1, 0.15) is 10.4 Å². The van der Waals surface area contributed by atoms with E-state index in [0.29, 0.717) is 10.0 Å². The first-order valence-electron chi connectivity index (χ1n) is 4.15. The standard InChI is InChI=1S/C9H8BrNO2S/c1-2-5-3-11-4-6(10)7(9(12)13)8(11)14-5/h3-4H,2H2,1H3,(H,12,13). The second kappa shape index (κ2) is 3.40. The number of aromatic nitrogens is 1. The Balaban J connectivity index is 2.72. The highest BCUT2D eigenvalue weighted by Crippen LogP contribution is 2.29. The van der Waals surface area contributed by atoms with Crippen LogP contribution >= 0.6 is 27.3 Å². The molecule has 0 bridgehead atoms. The molecular weight excluding hydrogens is 266 g/mol. The summed E-state index contributed by atoms with van der Waals surface area (Å²) in [4.78, 5) is 12.9. The zero-order valence-electron chi connectivity index (χ0n) is 7.45. The highest BCUT2D eigenvalue weighted by Gasteiger charge is 2.17. The van der Waals surface area contributed by atoms with Crippen molar-refractivity contribution in [1.29, 1.82) is 0 Å². The minimum atomic E-state index is -0.885. The minimum Gasteiger partial charge on any atom is -0.478 e. The first kappa shape index (κ1) is 9.73. The van der Waals surface area contributed by atoms with E-state index in [0.717, 1.165) is 11.3 Å². The smallest absolute Gasteiger partial charge is 0.339 e. The van der Waals surface area contributed by atoms with Gasteiger partial charge in [0, 0.05) is 17.3 Å². The van der Waals surface area contributed by atoms with Gasteiger partial charge in [-0.1, -0.05) is 6.92 Å². The number of rotatable bonds is 2. The first-order chi connectivity index (χ1) is 6.63. The first-order valence-corrected chi connectivity index (χ1v) is 5.76. The average molecular weight is 274 g/mol. The van der Waals surface area contributed by atoms with E-state index in [1.807, 2.05) is 10.6 Å². The fourth-order valence-corrected chi connectivity index (χ4v) is 3.12. The minimum absolute atomic E-state index is 0.356. The van der Waals surface area contributed by atoms with Crippen LogP contribution < -0.4 is 0 Å². The van der Waals surface area contributed by atoms with Gasteiger partial charge in [0.05, 0.1) is 4.47 Å². The Hall–Kier alpha value is -0.810. The Morgan fingerprint density at radius 1 is 1.64 bits per heavy atom. The van der Waals surface area contributed by atoms with Gasteiger partial charge in [0.25, 0.3) is 0 Å². The maximum atomic E-state index is 11.0. The molecule has 0 amide bonds.